The van der Waals surface area contributed by atoms with Crippen LogP contribution in [0.4, 0.5) is 0 Å². The Morgan fingerprint density at radius 1 is 1.33 bits per heavy atom. The van der Waals surface area contributed by atoms with Gasteiger partial charge in [0, 0.05) is 6.04 Å². The Morgan fingerprint density at radius 3 is 2.67 bits per heavy atom. The first-order chi connectivity index (χ1) is 4.43. The normalized spacial score (nSPS) is 18.3. The predicted octanol–water partition coefficient (Wildman–Crippen LogP) is 0.348. The molecule has 1 fully saturated rings. The Kier molecular flexibility index (Phi) is 3.01. The third kappa shape index (κ3) is 3.49. The highest BCUT2D eigenvalue weighted by atomic mass is 14.9. The van der Waals surface area contributed by atoms with Gasteiger partial charge < -0.3 is 10.6 Å². The van der Waals surface area contributed by atoms with Gasteiger partial charge in [0.25, 0.3) is 0 Å². The Labute approximate surface area is 57.0 Å². The van der Waals surface area contributed by atoms with Crippen molar-refractivity contribution in [2.75, 3.05) is 20.1 Å². The van der Waals surface area contributed by atoms with E-state index in [0.717, 1.165) is 12.6 Å². The summed E-state index contributed by atoms with van der Waals surface area (Å²) in [5.74, 6) is 0. The van der Waals surface area contributed by atoms with Crippen molar-refractivity contribution in [1.82, 2.24) is 10.6 Å². The van der Waals surface area contributed by atoms with Crippen LogP contribution in [0.15, 0.2) is 0 Å². The molecule has 0 heterocycles. The number of rotatable bonds is 5. The fourth-order valence-electron chi connectivity index (χ4n) is 0.859. The topological polar surface area (TPSA) is 24.1 Å². The van der Waals surface area contributed by atoms with Gasteiger partial charge in [-0.05, 0) is 39.4 Å². The van der Waals surface area contributed by atoms with E-state index < -0.39 is 0 Å². The molecule has 1 aliphatic carbocycles. The average Bonchev–Trinajstić information content (AvgIpc) is 2.63. The number of nitrogens with one attached hydrogen (secondary N) is 2. The van der Waals surface area contributed by atoms with E-state index in [9.17, 15) is 0 Å². The van der Waals surface area contributed by atoms with Gasteiger partial charge >= 0.3 is 0 Å². The molecular formula is C7H16N2. The van der Waals surface area contributed by atoms with Crippen LogP contribution in [0.1, 0.15) is 19.3 Å². The Balaban J connectivity index is 1.71. The molecule has 0 aromatic heterocycles. The summed E-state index contributed by atoms with van der Waals surface area (Å²) < 4.78 is 0. The molecule has 54 valence electrons. The van der Waals surface area contributed by atoms with E-state index in [0.29, 0.717) is 0 Å². The summed E-state index contributed by atoms with van der Waals surface area (Å²) in [6.45, 7) is 2.32. The number of hydrogen-bond donors (Lipinski definition) is 2. The lowest BCUT2D eigenvalue weighted by Gasteiger charge is -2.00. The molecule has 2 heteroatoms. The van der Waals surface area contributed by atoms with E-state index in [1.165, 1.54) is 25.8 Å². The lowest BCUT2D eigenvalue weighted by molar-refractivity contribution is 0.622. The Bertz CT molecular complexity index is 69.3. The van der Waals surface area contributed by atoms with Gasteiger partial charge in [-0.15, -0.1) is 0 Å². The molecular weight excluding hydrogens is 112 g/mol. The van der Waals surface area contributed by atoms with Crippen molar-refractivity contribution in [2.24, 2.45) is 0 Å². The Hall–Kier alpha value is -0.0800. The monoisotopic (exact) mass is 128 g/mol. The van der Waals surface area contributed by atoms with Crippen molar-refractivity contribution in [3.63, 3.8) is 0 Å². The van der Waals surface area contributed by atoms with Crippen molar-refractivity contribution in [1.29, 1.82) is 0 Å². The summed E-state index contributed by atoms with van der Waals surface area (Å²) in [7, 11) is 2.00. The molecule has 2 nitrogen and oxygen atoms in total. The first-order valence-electron chi connectivity index (χ1n) is 3.81. The summed E-state index contributed by atoms with van der Waals surface area (Å²) in [5, 5.41) is 6.57. The quantitative estimate of drug-likeness (QED) is 0.522. The maximum atomic E-state index is 3.45. The highest BCUT2D eigenvalue weighted by Crippen LogP contribution is 2.17. The van der Waals surface area contributed by atoms with E-state index in [4.69, 9.17) is 0 Å². The summed E-state index contributed by atoms with van der Waals surface area (Å²) in [5.41, 5.74) is 0. The van der Waals surface area contributed by atoms with Gasteiger partial charge in [-0.2, -0.15) is 0 Å². The second-order valence-corrected chi connectivity index (χ2v) is 2.69. The van der Waals surface area contributed by atoms with Gasteiger partial charge in [-0.3, -0.25) is 0 Å². The SMILES string of the molecule is CNCCCNC1CC1. The van der Waals surface area contributed by atoms with Crippen LogP contribution >= 0.6 is 0 Å². The number of hydrogen-bond acceptors (Lipinski definition) is 2. The average molecular weight is 128 g/mol. The van der Waals surface area contributed by atoms with Gasteiger partial charge in [0.2, 0.25) is 0 Å². The molecule has 0 unspecified atom stereocenters. The third-order valence-electron chi connectivity index (χ3n) is 1.61. The van der Waals surface area contributed by atoms with Gasteiger partial charge in [0.15, 0.2) is 0 Å². The predicted molar refractivity (Wildman–Crippen MR) is 39.6 cm³/mol. The van der Waals surface area contributed by atoms with Gasteiger partial charge in [-0.1, -0.05) is 0 Å². The minimum Gasteiger partial charge on any atom is -0.320 e. The fourth-order valence-corrected chi connectivity index (χ4v) is 0.859. The summed E-state index contributed by atoms with van der Waals surface area (Å²) >= 11 is 0. The third-order valence-corrected chi connectivity index (χ3v) is 1.61. The molecule has 0 spiro atoms. The van der Waals surface area contributed by atoms with E-state index in [2.05, 4.69) is 10.6 Å². The maximum absolute atomic E-state index is 3.45. The van der Waals surface area contributed by atoms with Crippen LogP contribution < -0.4 is 10.6 Å². The van der Waals surface area contributed by atoms with Crippen LogP contribution in [0.25, 0.3) is 0 Å². The standard InChI is InChI=1S/C7H16N2/c1-8-5-2-6-9-7-3-4-7/h7-9H,2-6H2,1H3. The Morgan fingerprint density at radius 2 is 2.11 bits per heavy atom. The summed E-state index contributed by atoms with van der Waals surface area (Å²) in [4.78, 5) is 0. The lowest BCUT2D eigenvalue weighted by atomic mass is 10.4. The molecule has 1 saturated carbocycles. The molecule has 1 aliphatic rings. The minimum atomic E-state index is 0.877. The van der Waals surface area contributed by atoms with Crippen LogP contribution in [0.5, 0.6) is 0 Å². The van der Waals surface area contributed by atoms with E-state index in [1.807, 2.05) is 7.05 Å². The van der Waals surface area contributed by atoms with Crippen LogP contribution in [0, 0.1) is 0 Å². The first-order valence-corrected chi connectivity index (χ1v) is 3.81. The molecule has 0 radical (unpaired) electrons. The van der Waals surface area contributed by atoms with Crippen molar-refractivity contribution < 1.29 is 0 Å². The molecule has 2 N–H and O–H groups in total. The highest BCUT2D eigenvalue weighted by molar-refractivity contribution is 4.80. The van der Waals surface area contributed by atoms with E-state index in [-0.39, 0.29) is 0 Å². The molecule has 0 aromatic rings. The maximum Gasteiger partial charge on any atom is 0.00682 e. The van der Waals surface area contributed by atoms with Gasteiger partial charge in [0.1, 0.15) is 0 Å². The zero-order valence-corrected chi connectivity index (χ0v) is 6.11. The smallest absolute Gasteiger partial charge is 0.00682 e. The largest absolute Gasteiger partial charge is 0.320 e. The van der Waals surface area contributed by atoms with Gasteiger partial charge in [-0.25, -0.2) is 0 Å². The highest BCUT2D eigenvalue weighted by Gasteiger charge is 2.19. The van der Waals surface area contributed by atoms with Crippen molar-refractivity contribution in [3.8, 4) is 0 Å². The van der Waals surface area contributed by atoms with Crippen LogP contribution in [0.2, 0.25) is 0 Å². The molecule has 0 aliphatic heterocycles. The second-order valence-electron chi connectivity index (χ2n) is 2.69. The van der Waals surface area contributed by atoms with E-state index >= 15 is 0 Å². The lowest BCUT2D eigenvalue weighted by Crippen LogP contribution is -2.21. The molecule has 0 bridgehead atoms. The zero-order valence-electron chi connectivity index (χ0n) is 6.11. The molecule has 0 amide bonds. The fraction of sp³-hybridized carbons (Fsp3) is 1.00. The van der Waals surface area contributed by atoms with Crippen LogP contribution in [0.3, 0.4) is 0 Å². The van der Waals surface area contributed by atoms with Crippen LogP contribution in [-0.4, -0.2) is 26.2 Å². The van der Waals surface area contributed by atoms with Crippen molar-refractivity contribution >= 4 is 0 Å². The van der Waals surface area contributed by atoms with Gasteiger partial charge in [0.05, 0.1) is 0 Å². The summed E-state index contributed by atoms with van der Waals surface area (Å²) in [6, 6.07) is 0.877. The molecule has 0 aromatic carbocycles. The molecule has 1 rings (SSSR count). The molecule has 9 heavy (non-hydrogen) atoms. The second kappa shape index (κ2) is 3.85. The minimum absolute atomic E-state index is 0.877. The molecule has 0 atom stereocenters. The van der Waals surface area contributed by atoms with Crippen molar-refractivity contribution in [3.05, 3.63) is 0 Å². The zero-order chi connectivity index (χ0) is 6.53. The summed E-state index contributed by atoms with van der Waals surface area (Å²) in [6.07, 6.45) is 4.06. The van der Waals surface area contributed by atoms with E-state index in [1.54, 1.807) is 0 Å². The molecule has 0 saturated heterocycles. The van der Waals surface area contributed by atoms with Crippen LogP contribution in [-0.2, 0) is 0 Å². The van der Waals surface area contributed by atoms with Crippen molar-refractivity contribution in [2.45, 2.75) is 25.3 Å². The first kappa shape index (κ1) is 7.03.